The summed E-state index contributed by atoms with van der Waals surface area (Å²) in [4.78, 5) is 16.7. The number of rotatable bonds is 7. The van der Waals surface area contributed by atoms with Crippen LogP contribution in [0.2, 0.25) is 0 Å². The molecular formula is C77H51N7. The second kappa shape index (κ2) is 18.3. The van der Waals surface area contributed by atoms with Crippen molar-refractivity contribution < 1.29 is 0 Å². The van der Waals surface area contributed by atoms with Crippen LogP contribution in [0, 0.1) is 22.7 Å². The van der Waals surface area contributed by atoms with Crippen molar-refractivity contribution in [2.75, 3.05) is 0 Å². The number of fused-ring (bicyclic) bond motifs is 14. The third-order valence-electron chi connectivity index (χ3n) is 18.1. The van der Waals surface area contributed by atoms with E-state index in [4.69, 9.17) is 15.0 Å². The summed E-state index contributed by atoms with van der Waals surface area (Å²) in [5, 5.41) is 25.8. The lowest BCUT2D eigenvalue weighted by atomic mass is 9.80. The van der Waals surface area contributed by atoms with Crippen LogP contribution in [-0.4, -0.2) is 24.1 Å². The second-order valence-electron chi connectivity index (χ2n) is 23.3. The van der Waals surface area contributed by atoms with Crippen molar-refractivity contribution in [2.45, 2.75) is 38.5 Å². The van der Waals surface area contributed by atoms with Crippen LogP contribution in [0.4, 0.5) is 0 Å². The molecule has 0 spiro atoms. The molecule has 0 unspecified atom stereocenters. The minimum atomic E-state index is -0.286. The molecule has 0 N–H and O–H groups in total. The van der Waals surface area contributed by atoms with Crippen LogP contribution in [-0.2, 0) is 10.8 Å². The summed E-state index contributed by atoms with van der Waals surface area (Å²) in [5.41, 5.74) is 22.6. The van der Waals surface area contributed by atoms with Gasteiger partial charge in [0.1, 0.15) is 0 Å². The van der Waals surface area contributed by atoms with Gasteiger partial charge in [0.25, 0.3) is 0 Å². The van der Waals surface area contributed by atoms with Crippen molar-refractivity contribution in [3.8, 4) is 102 Å². The summed E-state index contributed by atoms with van der Waals surface area (Å²) in [7, 11) is 0. The van der Waals surface area contributed by atoms with E-state index >= 15 is 0 Å². The van der Waals surface area contributed by atoms with Crippen molar-refractivity contribution in [2.24, 2.45) is 0 Å². The zero-order valence-electron chi connectivity index (χ0n) is 46.6. The SMILES string of the molecule is CC1(C)c2ccccc2-c2ccc3c(c21)c1ccccc1n3-c1cc(-c2ccccc2C#N)ccc1-c1nc(-c2ccccc2)nc(-c2ccc(-c3ccccc3C#N)cc2-n2c3ccccc3c3c4c(ccc32)-c2ccccc2C4(C)C)n1. The number of hydrogen-bond acceptors (Lipinski definition) is 5. The van der Waals surface area contributed by atoms with Gasteiger partial charge in [-0.25, -0.2) is 15.0 Å². The lowest BCUT2D eigenvalue weighted by Gasteiger charge is -2.23. The molecule has 0 radical (unpaired) electrons. The fourth-order valence-electron chi connectivity index (χ4n) is 14.3. The van der Waals surface area contributed by atoms with Gasteiger partial charge in [-0.2, -0.15) is 10.5 Å². The van der Waals surface area contributed by atoms with E-state index in [0.717, 1.165) is 83.2 Å². The molecule has 394 valence electrons. The Labute approximate surface area is 486 Å². The predicted octanol–water partition coefficient (Wildman–Crippen LogP) is 18.8. The molecule has 7 heteroatoms. The molecular weight excluding hydrogens is 1020 g/mol. The average Bonchev–Trinajstić information content (AvgIpc) is 1.71. The number of hydrogen-bond donors (Lipinski definition) is 0. The molecule has 0 saturated carbocycles. The van der Waals surface area contributed by atoms with Crippen LogP contribution >= 0.6 is 0 Å². The van der Waals surface area contributed by atoms with Crippen LogP contribution in [0.5, 0.6) is 0 Å². The number of aromatic nitrogens is 5. The van der Waals surface area contributed by atoms with Crippen LogP contribution in [0.25, 0.3) is 134 Å². The molecule has 2 aliphatic carbocycles. The Kier molecular flexibility index (Phi) is 10.6. The first-order valence-corrected chi connectivity index (χ1v) is 28.6. The highest BCUT2D eigenvalue weighted by Crippen LogP contribution is 2.56. The molecule has 0 bridgehead atoms. The van der Waals surface area contributed by atoms with Crippen molar-refractivity contribution >= 4 is 43.6 Å². The van der Waals surface area contributed by atoms with E-state index in [-0.39, 0.29) is 10.8 Å². The molecule has 0 atom stereocenters. The molecule has 14 aromatic rings. The van der Waals surface area contributed by atoms with Crippen molar-refractivity contribution in [1.82, 2.24) is 24.1 Å². The number of nitrogens with zero attached hydrogens (tertiary/aromatic N) is 7. The highest BCUT2D eigenvalue weighted by molar-refractivity contribution is 6.16. The summed E-state index contributed by atoms with van der Waals surface area (Å²) in [6.07, 6.45) is 0. The molecule has 0 amide bonds. The quantitative estimate of drug-likeness (QED) is 0.158. The molecule has 16 rings (SSSR count). The first kappa shape index (κ1) is 48.9. The average molecular weight is 1070 g/mol. The maximum atomic E-state index is 10.6. The Hall–Kier alpha value is -11.0. The van der Waals surface area contributed by atoms with Crippen LogP contribution in [0.1, 0.15) is 61.1 Å². The van der Waals surface area contributed by atoms with E-state index in [1.165, 1.54) is 55.3 Å². The smallest absolute Gasteiger partial charge is 0.166 e. The largest absolute Gasteiger partial charge is 0.308 e. The number of benzene rings is 11. The van der Waals surface area contributed by atoms with Gasteiger partial charge in [-0.15, -0.1) is 0 Å². The minimum absolute atomic E-state index is 0.286. The summed E-state index contributed by atoms with van der Waals surface area (Å²) in [5.74, 6) is 1.49. The fourth-order valence-corrected chi connectivity index (χ4v) is 14.3. The van der Waals surface area contributed by atoms with E-state index in [1.54, 1.807) is 0 Å². The molecule has 7 nitrogen and oxygen atoms in total. The molecule has 3 heterocycles. The minimum Gasteiger partial charge on any atom is -0.308 e. The number of nitriles is 2. The number of para-hydroxylation sites is 2. The van der Waals surface area contributed by atoms with Gasteiger partial charge in [0.05, 0.1) is 56.7 Å². The van der Waals surface area contributed by atoms with Gasteiger partial charge in [-0.1, -0.05) is 204 Å². The highest BCUT2D eigenvalue weighted by Gasteiger charge is 2.40. The zero-order chi connectivity index (χ0) is 56.6. The van der Waals surface area contributed by atoms with Crippen LogP contribution in [0.3, 0.4) is 0 Å². The van der Waals surface area contributed by atoms with Gasteiger partial charge in [0.15, 0.2) is 17.5 Å². The molecule has 0 saturated heterocycles. The van der Waals surface area contributed by atoms with E-state index in [9.17, 15) is 10.5 Å². The molecule has 2 aliphatic rings. The lowest BCUT2D eigenvalue weighted by Crippen LogP contribution is -2.15. The fraction of sp³-hybridized carbons (Fsp3) is 0.0779. The Balaban J connectivity index is 1.000. The van der Waals surface area contributed by atoms with Gasteiger partial charge < -0.3 is 9.13 Å². The molecule has 84 heavy (non-hydrogen) atoms. The first-order valence-electron chi connectivity index (χ1n) is 28.6. The Morgan fingerprint density at radius 2 is 0.702 bits per heavy atom. The highest BCUT2D eigenvalue weighted by atomic mass is 15.1. The normalized spacial score (nSPS) is 13.4. The van der Waals surface area contributed by atoms with Crippen molar-refractivity contribution in [3.05, 3.63) is 270 Å². The van der Waals surface area contributed by atoms with E-state index in [2.05, 4.69) is 219 Å². The van der Waals surface area contributed by atoms with Crippen molar-refractivity contribution in [1.29, 1.82) is 10.5 Å². The Morgan fingerprint density at radius 1 is 0.321 bits per heavy atom. The van der Waals surface area contributed by atoms with Gasteiger partial charge in [0, 0.05) is 49.1 Å². The van der Waals surface area contributed by atoms with Crippen LogP contribution < -0.4 is 0 Å². The summed E-state index contributed by atoms with van der Waals surface area (Å²) in [6, 6.07) is 87.7. The third-order valence-corrected chi connectivity index (χ3v) is 18.1. The summed E-state index contributed by atoms with van der Waals surface area (Å²) in [6.45, 7) is 9.39. The van der Waals surface area contributed by atoms with E-state index in [1.807, 2.05) is 66.7 Å². The maximum absolute atomic E-state index is 10.6. The standard InChI is InChI=1S/C77H51N7/c1-76(2)61-30-16-12-26-53(61)55-38-40-65-69(71(55)76)57-28-14-18-32-63(57)83(65)67-42-47(51-24-10-8-22-49(51)44-78)34-36-59(67)74-80-73(46-20-6-5-7-21-46)81-75(82-74)60-37-35-48(52-25-11-9-23-50(52)45-79)43-68(60)84-64-33-19-15-29-58(64)70-66(84)41-39-56-54-27-13-17-31-62(54)77(3,4)72(56)70/h5-43H,1-4H3. The summed E-state index contributed by atoms with van der Waals surface area (Å²) >= 11 is 0. The van der Waals surface area contributed by atoms with Gasteiger partial charge >= 0.3 is 0 Å². The predicted molar refractivity (Wildman–Crippen MR) is 340 cm³/mol. The molecule has 11 aromatic carbocycles. The first-order chi connectivity index (χ1) is 41.1. The van der Waals surface area contributed by atoms with Gasteiger partial charge in [-0.05, 0) is 127 Å². The van der Waals surface area contributed by atoms with Gasteiger partial charge in [-0.3, -0.25) is 0 Å². The third kappa shape index (κ3) is 7.00. The molecule has 0 fully saturated rings. The lowest BCUT2D eigenvalue weighted by molar-refractivity contribution is 0.666. The second-order valence-corrected chi connectivity index (χ2v) is 23.3. The van der Waals surface area contributed by atoms with Crippen molar-refractivity contribution in [3.63, 3.8) is 0 Å². The van der Waals surface area contributed by atoms with Crippen LogP contribution in [0.15, 0.2) is 237 Å². The van der Waals surface area contributed by atoms with Gasteiger partial charge in [0.2, 0.25) is 0 Å². The monoisotopic (exact) mass is 1070 g/mol. The molecule has 3 aromatic heterocycles. The topological polar surface area (TPSA) is 96.1 Å². The van der Waals surface area contributed by atoms with E-state index < -0.39 is 0 Å². The Morgan fingerprint density at radius 3 is 1.17 bits per heavy atom. The summed E-state index contributed by atoms with van der Waals surface area (Å²) < 4.78 is 4.76. The van der Waals surface area contributed by atoms with E-state index in [0.29, 0.717) is 28.6 Å². The Bertz CT molecular complexity index is 4930. The maximum Gasteiger partial charge on any atom is 0.166 e. The zero-order valence-corrected chi connectivity index (χ0v) is 46.6. The molecule has 0 aliphatic heterocycles.